The van der Waals surface area contributed by atoms with E-state index in [2.05, 4.69) is 10.3 Å². The second kappa shape index (κ2) is 8.30. The molecule has 8 heteroatoms. The minimum Gasteiger partial charge on any atom is -0.474 e. The molecule has 0 radical (unpaired) electrons. The Labute approximate surface area is 135 Å². The van der Waals surface area contributed by atoms with Gasteiger partial charge in [-0.25, -0.2) is 9.78 Å². The number of nitrogens with zero attached hydrogens (tertiary/aromatic N) is 2. The molecule has 1 heterocycles. The molecule has 8 nitrogen and oxygen atoms in total. The Bertz CT molecular complexity index is 543. The number of ether oxygens (including phenoxy) is 2. The average Bonchev–Trinajstić information content (AvgIpc) is 2.49. The lowest BCUT2D eigenvalue weighted by Gasteiger charge is -2.15. The first-order valence-corrected chi connectivity index (χ1v) is 7.44. The van der Waals surface area contributed by atoms with Gasteiger partial charge in [0.1, 0.15) is 18.9 Å². The molecule has 23 heavy (non-hydrogen) atoms. The molecule has 0 atom stereocenters. The summed E-state index contributed by atoms with van der Waals surface area (Å²) in [6, 6.07) is 1.58. The third-order valence-corrected chi connectivity index (χ3v) is 3.15. The van der Waals surface area contributed by atoms with Gasteiger partial charge in [-0.05, 0) is 5.92 Å². The Kier molecular flexibility index (Phi) is 6.74. The van der Waals surface area contributed by atoms with Crippen LogP contribution in [0.5, 0.6) is 5.88 Å². The van der Waals surface area contributed by atoms with Crippen molar-refractivity contribution in [2.45, 2.75) is 39.5 Å². The minimum atomic E-state index is -0.545. The quantitative estimate of drug-likeness (QED) is 0.469. The van der Waals surface area contributed by atoms with Crippen molar-refractivity contribution in [2.24, 2.45) is 0 Å². The van der Waals surface area contributed by atoms with Gasteiger partial charge in [0.25, 0.3) is 5.69 Å². The van der Waals surface area contributed by atoms with Gasteiger partial charge in [-0.3, -0.25) is 10.1 Å². The molecule has 0 unspecified atom stereocenters. The molecule has 1 rings (SSSR count). The van der Waals surface area contributed by atoms with Gasteiger partial charge in [0.2, 0.25) is 5.88 Å². The van der Waals surface area contributed by atoms with E-state index in [1.807, 2.05) is 27.7 Å². The predicted molar refractivity (Wildman–Crippen MR) is 85.0 cm³/mol. The maximum Gasteiger partial charge on any atom is 0.406 e. The molecule has 1 amide bonds. The van der Waals surface area contributed by atoms with Crippen LogP contribution in [0.4, 0.5) is 10.5 Å². The lowest BCUT2D eigenvalue weighted by molar-refractivity contribution is -0.386. The van der Waals surface area contributed by atoms with Crippen molar-refractivity contribution in [3.63, 3.8) is 0 Å². The number of alkyl carbamates (subject to hydrolysis) is 1. The Morgan fingerprint density at radius 1 is 1.30 bits per heavy atom. The van der Waals surface area contributed by atoms with E-state index < -0.39 is 11.0 Å². The summed E-state index contributed by atoms with van der Waals surface area (Å²) in [5.41, 5.74) is 1.02. The first-order valence-electron chi connectivity index (χ1n) is 7.44. The van der Waals surface area contributed by atoms with Gasteiger partial charge < -0.3 is 14.8 Å². The van der Waals surface area contributed by atoms with Crippen LogP contribution in [0.1, 0.15) is 50.8 Å². The van der Waals surface area contributed by atoms with Crippen LogP contribution >= 0.6 is 0 Å². The molecule has 0 aromatic carbocycles. The first-order chi connectivity index (χ1) is 10.8. The molecule has 128 valence electrons. The predicted octanol–water partition coefficient (Wildman–Crippen LogP) is 2.97. The highest BCUT2D eigenvalue weighted by Crippen LogP contribution is 2.35. The Balaban J connectivity index is 3.01. The van der Waals surface area contributed by atoms with Crippen LogP contribution in [-0.2, 0) is 4.74 Å². The summed E-state index contributed by atoms with van der Waals surface area (Å²) in [4.78, 5) is 26.2. The fourth-order valence-corrected chi connectivity index (χ4v) is 2.02. The van der Waals surface area contributed by atoms with Crippen molar-refractivity contribution in [1.82, 2.24) is 10.3 Å². The standard InChI is InChI=1S/C15H23N3O5/c1-9(2)11-8-12(22-6-7-23-15(19)16-5)17-13(10(3)4)14(11)18(20)21/h8-10H,6-7H2,1-5H3,(H,16,19). The highest BCUT2D eigenvalue weighted by atomic mass is 16.6. The zero-order valence-corrected chi connectivity index (χ0v) is 14.1. The van der Waals surface area contributed by atoms with E-state index in [1.165, 1.54) is 7.05 Å². The molecule has 0 aliphatic carbocycles. The molecular formula is C15H23N3O5. The van der Waals surface area contributed by atoms with E-state index in [0.29, 0.717) is 17.1 Å². The Morgan fingerprint density at radius 2 is 1.96 bits per heavy atom. The summed E-state index contributed by atoms with van der Waals surface area (Å²) in [6.45, 7) is 7.63. The van der Waals surface area contributed by atoms with Crippen LogP contribution in [0.2, 0.25) is 0 Å². The van der Waals surface area contributed by atoms with E-state index in [-0.39, 0.29) is 30.7 Å². The molecule has 1 N–H and O–H groups in total. The number of hydrogen-bond acceptors (Lipinski definition) is 6. The van der Waals surface area contributed by atoms with Crippen LogP contribution in [0.3, 0.4) is 0 Å². The lowest BCUT2D eigenvalue weighted by atomic mass is 9.97. The highest BCUT2D eigenvalue weighted by Gasteiger charge is 2.26. The maximum atomic E-state index is 11.4. The van der Waals surface area contributed by atoms with Crippen LogP contribution in [0.25, 0.3) is 0 Å². The zero-order chi connectivity index (χ0) is 17.6. The number of nitro groups is 1. The summed E-state index contributed by atoms with van der Waals surface area (Å²) < 4.78 is 10.3. The van der Waals surface area contributed by atoms with E-state index in [4.69, 9.17) is 9.47 Å². The topological polar surface area (TPSA) is 104 Å². The summed E-state index contributed by atoms with van der Waals surface area (Å²) in [5, 5.41) is 13.7. The molecule has 0 fully saturated rings. The molecule has 0 saturated heterocycles. The van der Waals surface area contributed by atoms with Crippen molar-refractivity contribution in [3.05, 3.63) is 27.4 Å². The van der Waals surface area contributed by atoms with Crippen molar-refractivity contribution in [2.75, 3.05) is 20.3 Å². The molecule has 0 bridgehead atoms. The van der Waals surface area contributed by atoms with Crippen LogP contribution in [0, 0.1) is 10.1 Å². The van der Waals surface area contributed by atoms with Crippen molar-refractivity contribution < 1.29 is 19.2 Å². The van der Waals surface area contributed by atoms with E-state index in [0.717, 1.165) is 0 Å². The number of hydrogen-bond donors (Lipinski definition) is 1. The fourth-order valence-electron chi connectivity index (χ4n) is 2.02. The summed E-state index contributed by atoms with van der Waals surface area (Å²) in [7, 11) is 1.46. The average molecular weight is 325 g/mol. The largest absolute Gasteiger partial charge is 0.474 e. The molecule has 0 aliphatic rings. The highest BCUT2D eigenvalue weighted by molar-refractivity contribution is 5.66. The number of pyridine rings is 1. The van der Waals surface area contributed by atoms with Gasteiger partial charge in [-0.15, -0.1) is 0 Å². The third-order valence-electron chi connectivity index (χ3n) is 3.15. The maximum absolute atomic E-state index is 11.4. The van der Waals surface area contributed by atoms with E-state index in [1.54, 1.807) is 6.07 Å². The molecule has 0 saturated carbocycles. The second-order valence-corrected chi connectivity index (χ2v) is 5.58. The van der Waals surface area contributed by atoms with Crippen LogP contribution in [-0.4, -0.2) is 36.3 Å². The number of carbonyl (C=O) groups is 1. The normalized spacial score (nSPS) is 10.7. The number of nitrogens with one attached hydrogen (secondary N) is 1. The van der Waals surface area contributed by atoms with Gasteiger partial charge in [-0.1, -0.05) is 27.7 Å². The first kappa shape index (κ1) is 18.7. The Morgan fingerprint density at radius 3 is 2.43 bits per heavy atom. The molecule has 0 aliphatic heterocycles. The monoisotopic (exact) mass is 325 g/mol. The van der Waals surface area contributed by atoms with Gasteiger partial charge in [0.15, 0.2) is 0 Å². The van der Waals surface area contributed by atoms with Crippen molar-refractivity contribution in [3.8, 4) is 5.88 Å². The second-order valence-electron chi connectivity index (χ2n) is 5.58. The van der Waals surface area contributed by atoms with Gasteiger partial charge in [-0.2, -0.15) is 0 Å². The van der Waals surface area contributed by atoms with E-state index >= 15 is 0 Å². The summed E-state index contributed by atoms with van der Waals surface area (Å²) in [5.74, 6) is 0.141. The smallest absolute Gasteiger partial charge is 0.406 e. The third kappa shape index (κ3) is 5.08. The van der Waals surface area contributed by atoms with Crippen LogP contribution < -0.4 is 10.1 Å². The number of carbonyl (C=O) groups excluding carboxylic acids is 1. The van der Waals surface area contributed by atoms with Crippen molar-refractivity contribution >= 4 is 11.8 Å². The molecule has 1 aromatic heterocycles. The van der Waals surface area contributed by atoms with E-state index in [9.17, 15) is 14.9 Å². The molecule has 1 aromatic rings. The summed E-state index contributed by atoms with van der Waals surface area (Å²) >= 11 is 0. The van der Waals surface area contributed by atoms with Crippen molar-refractivity contribution in [1.29, 1.82) is 0 Å². The minimum absolute atomic E-state index is 0.0413. The number of amides is 1. The van der Waals surface area contributed by atoms with Gasteiger partial charge in [0.05, 0.1) is 4.92 Å². The van der Waals surface area contributed by atoms with Gasteiger partial charge in [0, 0.05) is 24.6 Å². The summed E-state index contributed by atoms with van der Waals surface area (Å²) in [6.07, 6.45) is -0.545. The zero-order valence-electron chi connectivity index (χ0n) is 14.1. The fraction of sp³-hybridized carbons (Fsp3) is 0.600. The lowest BCUT2D eigenvalue weighted by Crippen LogP contribution is -2.22. The molecular weight excluding hydrogens is 302 g/mol. The number of aromatic nitrogens is 1. The van der Waals surface area contributed by atoms with Gasteiger partial charge >= 0.3 is 6.09 Å². The SMILES string of the molecule is CNC(=O)OCCOc1cc(C(C)C)c([N+](=O)[O-])c(C(C)C)n1. The molecule has 0 spiro atoms. The van der Waals surface area contributed by atoms with Crippen LogP contribution in [0.15, 0.2) is 6.07 Å². The number of rotatable bonds is 7. The Hall–Kier alpha value is -2.38.